The van der Waals surface area contributed by atoms with Gasteiger partial charge in [-0.3, -0.25) is 0 Å². The fourth-order valence-electron chi connectivity index (χ4n) is 10.4. The second kappa shape index (κ2) is 11.1. The Morgan fingerprint density at radius 3 is 1.44 bits per heavy atom. The van der Waals surface area contributed by atoms with Crippen molar-refractivity contribution < 1.29 is 0 Å². The molecule has 55 heavy (non-hydrogen) atoms. The molecule has 1 aliphatic rings. The lowest BCUT2D eigenvalue weighted by molar-refractivity contribution is 0.667. The summed E-state index contributed by atoms with van der Waals surface area (Å²) in [6.07, 6.45) is 0. The third kappa shape index (κ3) is 4.12. The summed E-state index contributed by atoms with van der Waals surface area (Å²) in [5.41, 5.74) is 10.6. The third-order valence-corrected chi connectivity index (χ3v) is 12.8. The van der Waals surface area contributed by atoms with Crippen molar-refractivity contribution >= 4 is 75.4 Å². The van der Waals surface area contributed by atoms with Crippen molar-refractivity contribution in [1.29, 1.82) is 0 Å². The quantitative estimate of drug-likeness (QED) is 0.125. The topological polar surface area (TPSA) is 0 Å². The monoisotopic (exact) mass is 696 g/mol. The first-order chi connectivity index (χ1) is 27.1. The number of benzene rings is 11. The lowest BCUT2D eigenvalue weighted by Gasteiger charge is -2.24. The molecule has 0 heterocycles. The highest BCUT2D eigenvalue weighted by molar-refractivity contribution is 6.27. The van der Waals surface area contributed by atoms with E-state index < -0.39 is 0 Å². The molecule has 0 radical (unpaired) electrons. The molecule has 0 atom stereocenters. The van der Waals surface area contributed by atoms with Gasteiger partial charge in [-0.15, -0.1) is 0 Å². The van der Waals surface area contributed by atoms with Crippen LogP contribution in [0.5, 0.6) is 0 Å². The van der Waals surface area contributed by atoms with Crippen LogP contribution in [0.3, 0.4) is 0 Å². The summed E-state index contributed by atoms with van der Waals surface area (Å²) in [5.74, 6) is 0. The van der Waals surface area contributed by atoms with Gasteiger partial charge in [0.05, 0.1) is 0 Å². The summed E-state index contributed by atoms with van der Waals surface area (Å²) in [6, 6.07) is 68.3. The normalized spacial score (nSPS) is 13.4. The van der Waals surface area contributed by atoms with Gasteiger partial charge in [0.15, 0.2) is 0 Å². The number of fused-ring (bicyclic) bond motifs is 15. The Labute approximate surface area is 319 Å². The van der Waals surface area contributed by atoms with E-state index in [1.54, 1.807) is 0 Å². The van der Waals surface area contributed by atoms with E-state index in [0.717, 1.165) is 0 Å². The summed E-state index contributed by atoms with van der Waals surface area (Å²) in [6.45, 7) is 4.84. The van der Waals surface area contributed by atoms with Crippen molar-refractivity contribution in [1.82, 2.24) is 0 Å². The van der Waals surface area contributed by atoms with E-state index in [1.807, 2.05) is 0 Å². The van der Waals surface area contributed by atoms with Crippen LogP contribution < -0.4 is 0 Å². The van der Waals surface area contributed by atoms with Crippen molar-refractivity contribution in [3.63, 3.8) is 0 Å². The molecule has 0 spiro atoms. The highest BCUT2D eigenvalue weighted by atomic mass is 14.4. The molecule has 0 amide bonds. The Hall–Kier alpha value is -6.76. The second-order valence-electron chi connectivity index (χ2n) is 15.9. The first-order valence-corrected chi connectivity index (χ1v) is 19.4. The summed E-state index contributed by atoms with van der Waals surface area (Å²) in [7, 11) is 0. The van der Waals surface area contributed by atoms with E-state index in [2.05, 4.69) is 196 Å². The van der Waals surface area contributed by atoms with Crippen molar-refractivity contribution in [3.05, 3.63) is 193 Å². The lowest BCUT2D eigenvalue weighted by atomic mass is 9.78. The molecule has 0 bridgehead atoms. The maximum Gasteiger partial charge on any atom is 0.0165 e. The summed E-state index contributed by atoms with van der Waals surface area (Å²) in [5, 5.41) is 18.2. The van der Waals surface area contributed by atoms with Gasteiger partial charge >= 0.3 is 0 Å². The van der Waals surface area contributed by atoms with Gasteiger partial charge in [-0.25, -0.2) is 0 Å². The minimum Gasteiger partial charge on any atom is -0.0616 e. The van der Waals surface area contributed by atoms with Gasteiger partial charge in [0.1, 0.15) is 0 Å². The molecule has 0 saturated carbocycles. The van der Waals surface area contributed by atoms with Crippen LogP contribution >= 0.6 is 0 Å². The average Bonchev–Trinajstić information content (AvgIpc) is 3.49. The molecule has 256 valence electrons. The second-order valence-corrected chi connectivity index (χ2v) is 15.9. The Kier molecular flexibility index (Phi) is 6.21. The molecule has 11 aromatic carbocycles. The summed E-state index contributed by atoms with van der Waals surface area (Å²) >= 11 is 0. The van der Waals surface area contributed by atoms with Gasteiger partial charge in [-0.2, -0.15) is 0 Å². The highest BCUT2D eigenvalue weighted by Gasteiger charge is 2.39. The number of hydrogen-bond donors (Lipinski definition) is 0. The Morgan fingerprint density at radius 2 is 0.782 bits per heavy atom. The molecule has 0 aromatic heterocycles. The van der Waals surface area contributed by atoms with Crippen LogP contribution in [0.2, 0.25) is 0 Å². The van der Waals surface area contributed by atoms with Crippen LogP contribution in [0.15, 0.2) is 182 Å². The lowest BCUT2D eigenvalue weighted by Crippen LogP contribution is -2.15. The molecule has 0 nitrogen and oxygen atoms in total. The maximum atomic E-state index is 2.49. The fraction of sp³-hybridized carbons (Fsp3) is 0.0545. The van der Waals surface area contributed by atoms with E-state index in [1.165, 1.54) is 120 Å². The number of rotatable bonds is 2. The van der Waals surface area contributed by atoms with E-state index in [0.29, 0.717) is 0 Å². The molecule has 11 aromatic rings. The minimum absolute atomic E-state index is 0.151. The van der Waals surface area contributed by atoms with Crippen LogP contribution in [0.1, 0.15) is 25.0 Å². The van der Waals surface area contributed by atoms with Crippen LogP contribution in [-0.2, 0) is 5.41 Å². The van der Waals surface area contributed by atoms with Crippen LogP contribution in [0.25, 0.3) is 109 Å². The predicted molar refractivity (Wildman–Crippen MR) is 237 cm³/mol. The van der Waals surface area contributed by atoms with Gasteiger partial charge in [-0.05, 0) is 132 Å². The SMILES string of the molecule is CC1(C)c2ccc3ccccc3c2-c2c1c1ccc(-c3c4ccccc4c(-c4cc5ccccc5c5ccccc45)c4ccccc34)cc1c1ccccc21. The average molecular weight is 697 g/mol. The predicted octanol–water partition coefficient (Wildman–Crippen LogP) is 15.4. The number of hydrogen-bond acceptors (Lipinski definition) is 0. The zero-order valence-electron chi connectivity index (χ0n) is 30.8. The van der Waals surface area contributed by atoms with Gasteiger partial charge in [-0.1, -0.05) is 184 Å². The standard InChI is InChI=1S/C55H36/c1-55(2)49-30-28-33-15-3-6-18-37(33)52(49)53-41-22-10-9-21-40(41)47-32-35(27-29-46(47)54(53)55)50-42-23-11-13-25-44(42)51(45-26-14-12-24-43(45)50)48-31-34-16-4-5-17-36(34)38-19-7-8-20-39(38)48/h3-32H,1-2H3. The van der Waals surface area contributed by atoms with Crippen molar-refractivity contribution in [2.24, 2.45) is 0 Å². The van der Waals surface area contributed by atoms with Crippen molar-refractivity contribution in [2.45, 2.75) is 19.3 Å². The molecule has 0 heteroatoms. The van der Waals surface area contributed by atoms with Crippen molar-refractivity contribution in [3.8, 4) is 33.4 Å². The van der Waals surface area contributed by atoms with E-state index in [4.69, 9.17) is 0 Å². The van der Waals surface area contributed by atoms with Gasteiger partial charge in [0, 0.05) is 5.41 Å². The smallest absolute Gasteiger partial charge is 0.0165 e. The highest BCUT2D eigenvalue weighted by Crippen LogP contribution is 2.57. The third-order valence-electron chi connectivity index (χ3n) is 12.8. The first-order valence-electron chi connectivity index (χ1n) is 19.4. The minimum atomic E-state index is -0.151. The zero-order chi connectivity index (χ0) is 36.4. The zero-order valence-corrected chi connectivity index (χ0v) is 30.8. The molecule has 0 unspecified atom stereocenters. The van der Waals surface area contributed by atoms with Crippen molar-refractivity contribution in [2.75, 3.05) is 0 Å². The largest absolute Gasteiger partial charge is 0.0616 e. The van der Waals surface area contributed by atoms with Gasteiger partial charge in [0.25, 0.3) is 0 Å². The molecular formula is C55H36. The molecule has 1 aliphatic carbocycles. The molecule has 0 aliphatic heterocycles. The van der Waals surface area contributed by atoms with Gasteiger partial charge in [0.2, 0.25) is 0 Å². The van der Waals surface area contributed by atoms with E-state index in [-0.39, 0.29) is 5.41 Å². The van der Waals surface area contributed by atoms with Crippen LogP contribution in [0.4, 0.5) is 0 Å². The Balaban J connectivity index is 1.18. The Morgan fingerprint density at radius 1 is 0.291 bits per heavy atom. The fourth-order valence-corrected chi connectivity index (χ4v) is 10.4. The molecular weight excluding hydrogens is 661 g/mol. The summed E-state index contributed by atoms with van der Waals surface area (Å²) in [4.78, 5) is 0. The van der Waals surface area contributed by atoms with E-state index in [9.17, 15) is 0 Å². The van der Waals surface area contributed by atoms with E-state index >= 15 is 0 Å². The molecule has 0 saturated heterocycles. The van der Waals surface area contributed by atoms with Crippen LogP contribution in [0, 0.1) is 0 Å². The van der Waals surface area contributed by atoms with Crippen LogP contribution in [-0.4, -0.2) is 0 Å². The Bertz CT molecular complexity index is 3390. The van der Waals surface area contributed by atoms with Gasteiger partial charge < -0.3 is 0 Å². The summed E-state index contributed by atoms with van der Waals surface area (Å²) < 4.78 is 0. The molecule has 0 fully saturated rings. The molecule has 0 N–H and O–H groups in total. The first kappa shape index (κ1) is 30.7. The maximum absolute atomic E-state index is 2.49. The molecule has 12 rings (SSSR count).